The van der Waals surface area contributed by atoms with Crippen LogP contribution in [0, 0.1) is 0 Å². The highest BCUT2D eigenvalue weighted by Crippen LogP contribution is 2.36. The van der Waals surface area contributed by atoms with Crippen LogP contribution in [0.2, 0.25) is 10.0 Å². The predicted octanol–water partition coefficient (Wildman–Crippen LogP) is 7.15. The second-order valence-corrected chi connectivity index (χ2v) is 10.8. The number of nitrogens with one attached hydrogen (secondary N) is 3. The summed E-state index contributed by atoms with van der Waals surface area (Å²) in [5.74, 6) is -0.207. The molecule has 0 radical (unpaired) electrons. The van der Waals surface area contributed by atoms with Gasteiger partial charge in [-0.25, -0.2) is 0 Å². The number of anilines is 2. The number of amides is 3. The maximum Gasteiger partial charge on any atom is 0.272 e. The van der Waals surface area contributed by atoms with Gasteiger partial charge in [0.15, 0.2) is 0 Å². The standard InChI is InChI=1S/C32H27Cl2N3O5S/c1-41-28-18-29(42-2)26(17-25(28)34)36-30(38)19-43-24-14-12-23(13-15-24)35-32(40)27(16-20-8-10-22(33)11-9-20)37-31(39)21-6-4-3-5-7-21/h3-18H,19H2,1-2H3,(H,35,40)(H,36,38)(H,37,39)/b27-16-. The Morgan fingerprint density at radius 2 is 1.49 bits per heavy atom. The fourth-order valence-corrected chi connectivity index (χ4v) is 4.86. The van der Waals surface area contributed by atoms with E-state index in [0.29, 0.717) is 44.0 Å². The molecule has 0 spiro atoms. The van der Waals surface area contributed by atoms with E-state index in [1.807, 2.05) is 0 Å². The summed E-state index contributed by atoms with van der Waals surface area (Å²) in [5, 5.41) is 9.20. The molecule has 4 aromatic carbocycles. The molecule has 3 amide bonds. The zero-order valence-electron chi connectivity index (χ0n) is 23.2. The molecule has 0 atom stereocenters. The minimum absolute atomic E-state index is 0.0559. The molecule has 0 heterocycles. The van der Waals surface area contributed by atoms with Gasteiger partial charge in [0.05, 0.1) is 30.7 Å². The highest BCUT2D eigenvalue weighted by atomic mass is 35.5. The third-order valence-corrected chi connectivity index (χ3v) is 7.50. The molecular formula is C32H27Cl2N3O5S. The molecule has 4 rings (SSSR count). The third-order valence-electron chi connectivity index (χ3n) is 5.94. The van der Waals surface area contributed by atoms with Crippen molar-refractivity contribution in [2.24, 2.45) is 0 Å². The predicted molar refractivity (Wildman–Crippen MR) is 172 cm³/mol. The first-order chi connectivity index (χ1) is 20.7. The van der Waals surface area contributed by atoms with Crippen molar-refractivity contribution in [2.75, 3.05) is 30.6 Å². The summed E-state index contributed by atoms with van der Waals surface area (Å²) in [7, 11) is 2.98. The van der Waals surface area contributed by atoms with Crippen LogP contribution in [0.4, 0.5) is 11.4 Å². The van der Waals surface area contributed by atoms with Gasteiger partial charge in [-0.2, -0.15) is 0 Å². The number of halogens is 2. The number of hydrogen-bond acceptors (Lipinski definition) is 6. The SMILES string of the molecule is COc1cc(OC)c(NC(=O)CSc2ccc(NC(=O)/C(=C/c3ccc(Cl)cc3)NC(=O)c3ccccc3)cc2)cc1Cl. The number of carbonyl (C=O) groups is 3. The van der Waals surface area contributed by atoms with Gasteiger partial charge < -0.3 is 25.4 Å². The van der Waals surface area contributed by atoms with Crippen LogP contribution in [0.15, 0.2) is 102 Å². The summed E-state index contributed by atoms with van der Waals surface area (Å²) in [4.78, 5) is 39.5. The van der Waals surface area contributed by atoms with Crippen LogP contribution in [0.1, 0.15) is 15.9 Å². The topological polar surface area (TPSA) is 106 Å². The van der Waals surface area contributed by atoms with Crippen LogP contribution < -0.4 is 25.4 Å². The lowest BCUT2D eigenvalue weighted by Crippen LogP contribution is -2.30. The summed E-state index contributed by atoms with van der Waals surface area (Å²) >= 11 is 13.5. The average molecular weight is 637 g/mol. The normalized spacial score (nSPS) is 10.9. The first-order valence-electron chi connectivity index (χ1n) is 12.8. The fraction of sp³-hybridized carbons (Fsp3) is 0.0938. The monoisotopic (exact) mass is 635 g/mol. The Balaban J connectivity index is 1.40. The molecule has 43 heavy (non-hydrogen) atoms. The maximum atomic E-state index is 13.2. The van der Waals surface area contributed by atoms with Gasteiger partial charge in [-0.3, -0.25) is 14.4 Å². The molecule has 0 aliphatic carbocycles. The Kier molecular flexibility index (Phi) is 11.1. The van der Waals surface area contributed by atoms with E-state index in [9.17, 15) is 14.4 Å². The summed E-state index contributed by atoms with van der Waals surface area (Å²) < 4.78 is 10.5. The number of hydrogen-bond donors (Lipinski definition) is 3. The minimum atomic E-state index is -0.508. The van der Waals surface area contributed by atoms with Gasteiger partial charge in [-0.15, -0.1) is 11.8 Å². The molecule has 8 nitrogen and oxygen atoms in total. The van der Waals surface area contributed by atoms with Gasteiger partial charge in [0.2, 0.25) is 5.91 Å². The molecule has 3 N–H and O–H groups in total. The van der Waals surface area contributed by atoms with E-state index < -0.39 is 11.8 Å². The number of rotatable bonds is 11. The molecule has 0 bridgehead atoms. The molecule has 4 aromatic rings. The Morgan fingerprint density at radius 1 is 0.814 bits per heavy atom. The molecule has 0 aliphatic heterocycles. The van der Waals surface area contributed by atoms with Crippen LogP contribution in [0.5, 0.6) is 11.5 Å². The van der Waals surface area contributed by atoms with Crippen LogP contribution >= 0.6 is 35.0 Å². The Labute approximate surface area is 263 Å². The average Bonchev–Trinajstić information content (AvgIpc) is 3.02. The maximum absolute atomic E-state index is 13.2. The van der Waals surface area contributed by atoms with E-state index in [-0.39, 0.29) is 17.4 Å². The lowest BCUT2D eigenvalue weighted by Gasteiger charge is -2.13. The lowest BCUT2D eigenvalue weighted by atomic mass is 10.1. The zero-order valence-corrected chi connectivity index (χ0v) is 25.5. The summed E-state index contributed by atoms with van der Waals surface area (Å²) in [6.45, 7) is 0. The largest absolute Gasteiger partial charge is 0.495 e. The molecule has 0 unspecified atom stereocenters. The van der Waals surface area contributed by atoms with E-state index in [0.717, 1.165) is 4.90 Å². The van der Waals surface area contributed by atoms with Crippen molar-refractivity contribution in [3.05, 3.63) is 118 Å². The number of methoxy groups -OCH3 is 2. The summed E-state index contributed by atoms with van der Waals surface area (Å²) in [5.41, 5.74) is 2.09. The molecule has 0 aromatic heterocycles. The molecule has 0 saturated carbocycles. The molecule has 0 saturated heterocycles. The van der Waals surface area contributed by atoms with Crippen molar-refractivity contribution in [3.63, 3.8) is 0 Å². The first-order valence-corrected chi connectivity index (χ1v) is 14.6. The van der Waals surface area contributed by atoms with Crippen molar-refractivity contribution in [1.82, 2.24) is 5.32 Å². The first kappa shape index (κ1) is 31.5. The molecule has 220 valence electrons. The van der Waals surface area contributed by atoms with Crippen molar-refractivity contribution >= 4 is 70.1 Å². The van der Waals surface area contributed by atoms with Crippen molar-refractivity contribution in [3.8, 4) is 11.5 Å². The van der Waals surface area contributed by atoms with E-state index >= 15 is 0 Å². The number of carbonyl (C=O) groups excluding carboxylic acids is 3. The number of ether oxygens (including phenoxy) is 2. The number of benzene rings is 4. The van der Waals surface area contributed by atoms with E-state index in [1.165, 1.54) is 26.0 Å². The molecule has 11 heteroatoms. The van der Waals surface area contributed by atoms with Gasteiger partial charge in [0.25, 0.3) is 11.8 Å². The van der Waals surface area contributed by atoms with Crippen molar-refractivity contribution in [1.29, 1.82) is 0 Å². The van der Waals surface area contributed by atoms with Crippen LogP contribution in [-0.2, 0) is 9.59 Å². The van der Waals surface area contributed by atoms with Crippen molar-refractivity contribution < 1.29 is 23.9 Å². The Hall–Kier alpha value is -4.44. The van der Waals surface area contributed by atoms with Crippen LogP contribution in [0.3, 0.4) is 0 Å². The van der Waals surface area contributed by atoms with Gasteiger partial charge in [-0.05, 0) is 66.2 Å². The summed E-state index contributed by atoms with van der Waals surface area (Å²) in [6.07, 6.45) is 1.57. The van der Waals surface area contributed by atoms with E-state index in [2.05, 4.69) is 16.0 Å². The quantitative estimate of drug-likeness (QED) is 0.119. The smallest absolute Gasteiger partial charge is 0.272 e. The second kappa shape index (κ2) is 15.2. The number of thioether (sulfide) groups is 1. The highest BCUT2D eigenvalue weighted by molar-refractivity contribution is 8.00. The zero-order chi connectivity index (χ0) is 30.8. The van der Waals surface area contributed by atoms with E-state index in [1.54, 1.807) is 97.1 Å². The Morgan fingerprint density at radius 3 is 2.14 bits per heavy atom. The van der Waals surface area contributed by atoms with Gasteiger partial charge in [0, 0.05) is 27.2 Å². The van der Waals surface area contributed by atoms with Gasteiger partial charge in [0.1, 0.15) is 17.2 Å². The molecule has 0 fully saturated rings. The van der Waals surface area contributed by atoms with Gasteiger partial charge >= 0.3 is 0 Å². The highest BCUT2D eigenvalue weighted by Gasteiger charge is 2.16. The van der Waals surface area contributed by atoms with Crippen LogP contribution in [0.25, 0.3) is 6.08 Å². The summed E-state index contributed by atoms with van der Waals surface area (Å²) in [6, 6.07) is 25.6. The molecule has 0 aliphatic rings. The van der Waals surface area contributed by atoms with Crippen molar-refractivity contribution in [2.45, 2.75) is 4.90 Å². The van der Waals surface area contributed by atoms with Crippen LogP contribution in [-0.4, -0.2) is 37.7 Å². The third kappa shape index (κ3) is 9.02. The lowest BCUT2D eigenvalue weighted by molar-refractivity contribution is -0.114. The van der Waals surface area contributed by atoms with E-state index in [4.69, 9.17) is 32.7 Å². The van der Waals surface area contributed by atoms with Gasteiger partial charge in [-0.1, -0.05) is 53.5 Å². The fourth-order valence-electron chi connectivity index (χ4n) is 3.79. The Bertz CT molecular complexity index is 1630. The molecular weight excluding hydrogens is 609 g/mol. The minimum Gasteiger partial charge on any atom is -0.495 e. The second-order valence-electron chi connectivity index (χ2n) is 8.93.